The Morgan fingerprint density at radius 3 is 3.00 bits per heavy atom. The summed E-state index contributed by atoms with van der Waals surface area (Å²) in [7, 11) is 0. The highest BCUT2D eigenvalue weighted by atomic mass is 32.2. The Morgan fingerprint density at radius 1 is 1.53 bits per heavy atom. The molecule has 3 fully saturated rings. The van der Waals surface area contributed by atoms with Crippen molar-refractivity contribution < 1.29 is 0 Å². The maximum atomic E-state index is 4.24. The number of H-pyrrole nitrogens is 1. The van der Waals surface area contributed by atoms with Crippen LogP contribution in [-0.2, 0) is 0 Å². The second-order valence-corrected chi connectivity index (χ2v) is 6.05. The second-order valence-electron chi connectivity index (χ2n) is 4.99. The Hall–Kier alpha value is -0.740. The molecule has 4 rings (SSSR count). The minimum atomic E-state index is 0.673. The summed E-state index contributed by atoms with van der Waals surface area (Å²) in [5.41, 5.74) is 1.37. The zero-order valence-corrected chi connectivity index (χ0v) is 10.9. The Labute approximate surface area is 107 Å². The molecule has 3 saturated heterocycles. The summed E-state index contributed by atoms with van der Waals surface area (Å²) in [6.45, 7) is 7.59. The molecule has 0 aliphatic carbocycles. The van der Waals surface area contributed by atoms with E-state index in [1.54, 1.807) is 0 Å². The third-order valence-corrected chi connectivity index (χ3v) is 5.05. The number of piperidine rings is 3. The number of hydrogen-bond donors (Lipinski definition) is 1. The molecule has 1 aromatic rings. The molecule has 1 atom stereocenters. The first-order chi connectivity index (χ1) is 8.38. The van der Waals surface area contributed by atoms with E-state index in [1.807, 2.05) is 24.0 Å². The van der Waals surface area contributed by atoms with Crippen LogP contribution in [0.3, 0.4) is 0 Å². The monoisotopic (exact) mass is 249 g/mol. The summed E-state index contributed by atoms with van der Waals surface area (Å²) >= 11 is 1.84. The predicted molar refractivity (Wildman–Crippen MR) is 71.4 cm³/mol. The van der Waals surface area contributed by atoms with Crippen molar-refractivity contribution in [2.45, 2.75) is 23.7 Å². The lowest BCUT2D eigenvalue weighted by atomic mass is 9.77. The Bertz CT molecular complexity index is 393. The molecule has 4 heterocycles. The molecule has 1 unspecified atom stereocenters. The molecule has 0 radical (unpaired) electrons. The van der Waals surface area contributed by atoms with Gasteiger partial charge in [-0.1, -0.05) is 6.08 Å². The van der Waals surface area contributed by atoms with E-state index in [4.69, 9.17) is 0 Å². The number of nitrogens with one attached hydrogen (secondary N) is 1. The van der Waals surface area contributed by atoms with E-state index in [9.17, 15) is 0 Å². The zero-order valence-electron chi connectivity index (χ0n) is 10.1. The summed E-state index contributed by atoms with van der Waals surface area (Å²) in [5, 5.41) is 7.47. The van der Waals surface area contributed by atoms with Gasteiger partial charge in [0.15, 0.2) is 0 Å². The number of aromatic amines is 1. The number of fused-ring (bicyclic) bond motifs is 3. The Morgan fingerprint density at radius 2 is 2.35 bits per heavy atom. The molecule has 0 saturated carbocycles. The van der Waals surface area contributed by atoms with Gasteiger partial charge in [-0.05, 0) is 31.8 Å². The third-order valence-electron chi connectivity index (χ3n) is 4.02. The van der Waals surface area contributed by atoms with Crippen LogP contribution in [0.15, 0.2) is 23.7 Å². The average Bonchev–Trinajstić information content (AvgIpc) is 2.86. The van der Waals surface area contributed by atoms with E-state index in [-0.39, 0.29) is 0 Å². The van der Waals surface area contributed by atoms with Gasteiger partial charge in [0.05, 0.1) is 11.9 Å². The highest BCUT2D eigenvalue weighted by Gasteiger charge is 2.36. The van der Waals surface area contributed by atoms with Crippen molar-refractivity contribution in [3.05, 3.63) is 24.5 Å². The van der Waals surface area contributed by atoms with Crippen LogP contribution in [0, 0.1) is 5.92 Å². The van der Waals surface area contributed by atoms with Crippen LogP contribution in [0.4, 0.5) is 0 Å². The highest BCUT2D eigenvalue weighted by Crippen LogP contribution is 2.41. The maximum absolute atomic E-state index is 4.24. The van der Waals surface area contributed by atoms with Gasteiger partial charge < -0.3 is 4.90 Å². The second kappa shape index (κ2) is 4.86. The van der Waals surface area contributed by atoms with Gasteiger partial charge in [0, 0.05) is 23.1 Å². The molecule has 0 amide bonds. The van der Waals surface area contributed by atoms with E-state index in [0.717, 1.165) is 11.7 Å². The fourth-order valence-electron chi connectivity index (χ4n) is 3.11. The van der Waals surface area contributed by atoms with E-state index >= 15 is 0 Å². The smallest absolute Gasteiger partial charge is 0.0626 e. The Kier molecular flexibility index (Phi) is 3.25. The van der Waals surface area contributed by atoms with Crippen LogP contribution in [-0.4, -0.2) is 40.5 Å². The average molecular weight is 249 g/mol. The van der Waals surface area contributed by atoms with E-state index in [1.165, 1.54) is 43.1 Å². The van der Waals surface area contributed by atoms with Crippen LogP contribution in [0.1, 0.15) is 24.5 Å². The highest BCUT2D eigenvalue weighted by molar-refractivity contribution is 7.99. The standard InChI is InChI=1S/C13H19N3S/c1-2-7-17-12-8-14-15-13(12)11-9-16-5-3-10(11)4-6-16/h2,8,10-11H,1,3-7,9H2,(H,14,15). The first-order valence-electron chi connectivity index (χ1n) is 6.38. The molecule has 17 heavy (non-hydrogen) atoms. The lowest BCUT2D eigenvalue weighted by molar-refractivity contribution is 0.0844. The lowest BCUT2D eigenvalue weighted by Gasteiger charge is -2.44. The van der Waals surface area contributed by atoms with Crippen molar-refractivity contribution in [3.8, 4) is 0 Å². The van der Waals surface area contributed by atoms with E-state index < -0.39 is 0 Å². The van der Waals surface area contributed by atoms with Crippen molar-refractivity contribution in [1.29, 1.82) is 0 Å². The summed E-state index contributed by atoms with van der Waals surface area (Å²) in [4.78, 5) is 3.91. The minimum Gasteiger partial charge on any atom is -0.303 e. The molecule has 92 valence electrons. The van der Waals surface area contributed by atoms with Gasteiger partial charge in [-0.15, -0.1) is 18.3 Å². The van der Waals surface area contributed by atoms with Crippen molar-refractivity contribution in [2.75, 3.05) is 25.4 Å². The summed E-state index contributed by atoms with van der Waals surface area (Å²) in [6, 6.07) is 0. The van der Waals surface area contributed by atoms with Gasteiger partial charge in [0.1, 0.15) is 0 Å². The van der Waals surface area contributed by atoms with Gasteiger partial charge in [-0.25, -0.2) is 0 Å². The zero-order chi connectivity index (χ0) is 11.7. The molecule has 1 aromatic heterocycles. The molecule has 0 aromatic carbocycles. The largest absolute Gasteiger partial charge is 0.303 e. The van der Waals surface area contributed by atoms with Crippen molar-refractivity contribution in [2.24, 2.45) is 5.92 Å². The molecule has 3 aliphatic heterocycles. The van der Waals surface area contributed by atoms with Gasteiger partial charge >= 0.3 is 0 Å². The maximum Gasteiger partial charge on any atom is 0.0626 e. The molecule has 4 heteroatoms. The van der Waals surface area contributed by atoms with E-state index in [2.05, 4.69) is 21.7 Å². The molecule has 2 bridgehead atoms. The van der Waals surface area contributed by atoms with Crippen molar-refractivity contribution in [3.63, 3.8) is 0 Å². The molecule has 3 aliphatic rings. The number of nitrogens with zero attached hydrogens (tertiary/aromatic N) is 2. The van der Waals surface area contributed by atoms with E-state index in [0.29, 0.717) is 5.92 Å². The molecule has 1 N–H and O–H groups in total. The normalized spacial score (nSPS) is 31.6. The van der Waals surface area contributed by atoms with Crippen molar-refractivity contribution in [1.82, 2.24) is 15.1 Å². The number of hydrogen-bond acceptors (Lipinski definition) is 3. The summed E-state index contributed by atoms with van der Waals surface area (Å²) in [6.07, 6.45) is 6.64. The van der Waals surface area contributed by atoms with Crippen LogP contribution in [0.5, 0.6) is 0 Å². The number of thioether (sulfide) groups is 1. The minimum absolute atomic E-state index is 0.673. The van der Waals surface area contributed by atoms with Gasteiger partial charge in [0.2, 0.25) is 0 Å². The number of rotatable bonds is 4. The quantitative estimate of drug-likeness (QED) is 0.657. The van der Waals surface area contributed by atoms with Crippen LogP contribution >= 0.6 is 11.8 Å². The molecule has 3 nitrogen and oxygen atoms in total. The fraction of sp³-hybridized carbons (Fsp3) is 0.615. The summed E-state index contributed by atoms with van der Waals surface area (Å²) in [5.74, 6) is 2.50. The van der Waals surface area contributed by atoms with Gasteiger partial charge in [0.25, 0.3) is 0 Å². The fourth-order valence-corrected chi connectivity index (χ4v) is 3.88. The number of aromatic nitrogens is 2. The third kappa shape index (κ3) is 2.16. The summed E-state index contributed by atoms with van der Waals surface area (Å²) < 4.78 is 0. The Balaban J connectivity index is 1.79. The lowest BCUT2D eigenvalue weighted by Crippen LogP contribution is -2.46. The van der Waals surface area contributed by atoms with Gasteiger partial charge in [-0.2, -0.15) is 5.10 Å². The van der Waals surface area contributed by atoms with Crippen LogP contribution < -0.4 is 0 Å². The molecule has 0 spiro atoms. The first-order valence-corrected chi connectivity index (χ1v) is 7.36. The topological polar surface area (TPSA) is 31.9 Å². The first kappa shape index (κ1) is 11.4. The van der Waals surface area contributed by atoms with Crippen LogP contribution in [0.25, 0.3) is 0 Å². The molecular formula is C13H19N3S. The van der Waals surface area contributed by atoms with Crippen molar-refractivity contribution >= 4 is 11.8 Å². The van der Waals surface area contributed by atoms with Crippen LogP contribution in [0.2, 0.25) is 0 Å². The molecular weight excluding hydrogens is 230 g/mol. The van der Waals surface area contributed by atoms with Gasteiger partial charge in [-0.3, -0.25) is 5.10 Å². The predicted octanol–water partition coefficient (Wildman–Crippen LogP) is 2.50. The SMILES string of the molecule is C=CCSc1cn[nH]c1C1CN2CCC1CC2.